The lowest BCUT2D eigenvalue weighted by molar-refractivity contribution is 0.0740. The molecule has 1 saturated heterocycles. The predicted molar refractivity (Wildman–Crippen MR) is 95.7 cm³/mol. The Kier molecular flexibility index (Phi) is 5.37. The van der Waals surface area contributed by atoms with Crippen LogP contribution in [0.1, 0.15) is 24.3 Å². The largest absolute Gasteiger partial charge is 0.356 e. The quantitative estimate of drug-likeness (QED) is 0.805. The summed E-state index contributed by atoms with van der Waals surface area (Å²) in [7, 11) is 0. The van der Waals surface area contributed by atoms with Crippen LogP contribution in [0.4, 0.5) is 11.6 Å². The molecule has 8 heteroatoms. The summed E-state index contributed by atoms with van der Waals surface area (Å²) in [4.78, 5) is 26.6. The Morgan fingerprint density at radius 2 is 1.84 bits per heavy atom. The molecule has 0 N–H and O–H groups in total. The second-order valence-corrected chi connectivity index (χ2v) is 5.79. The van der Waals surface area contributed by atoms with E-state index in [1.807, 2.05) is 12.1 Å². The first kappa shape index (κ1) is 17.1. The van der Waals surface area contributed by atoms with Crippen molar-refractivity contribution >= 4 is 17.5 Å². The zero-order chi connectivity index (χ0) is 17.6. The van der Waals surface area contributed by atoms with Crippen LogP contribution in [0.5, 0.6) is 0 Å². The van der Waals surface area contributed by atoms with E-state index in [1.54, 1.807) is 11.1 Å². The average Bonchev–Trinajstić information content (AvgIpc) is 2.70. The van der Waals surface area contributed by atoms with Crippen molar-refractivity contribution in [2.75, 3.05) is 49.1 Å². The highest BCUT2D eigenvalue weighted by Gasteiger charge is 2.24. The van der Waals surface area contributed by atoms with Crippen LogP contribution in [0.15, 0.2) is 30.7 Å². The van der Waals surface area contributed by atoms with Crippen molar-refractivity contribution in [2.45, 2.75) is 13.8 Å². The fourth-order valence-corrected chi connectivity index (χ4v) is 2.91. The second kappa shape index (κ2) is 7.87. The molecular formula is C17H23N7O. The van der Waals surface area contributed by atoms with Gasteiger partial charge in [0.15, 0.2) is 11.6 Å². The number of nitrogens with zero attached hydrogens (tertiary/aromatic N) is 7. The van der Waals surface area contributed by atoms with Crippen LogP contribution in [0, 0.1) is 0 Å². The summed E-state index contributed by atoms with van der Waals surface area (Å²) >= 11 is 0. The summed E-state index contributed by atoms with van der Waals surface area (Å²) in [5, 5.41) is 8.69. The third-order valence-electron chi connectivity index (χ3n) is 4.40. The Morgan fingerprint density at radius 3 is 2.40 bits per heavy atom. The van der Waals surface area contributed by atoms with Crippen LogP contribution in [0.3, 0.4) is 0 Å². The minimum Gasteiger partial charge on any atom is -0.356 e. The highest BCUT2D eigenvalue weighted by atomic mass is 16.2. The van der Waals surface area contributed by atoms with Gasteiger partial charge in [-0.05, 0) is 26.0 Å². The van der Waals surface area contributed by atoms with Gasteiger partial charge in [-0.1, -0.05) is 0 Å². The van der Waals surface area contributed by atoms with Gasteiger partial charge in [0.25, 0.3) is 5.91 Å². The predicted octanol–water partition coefficient (Wildman–Crippen LogP) is 1.08. The molecule has 8 nitrogen and oxygen atoms in total. The number of amides is 1. The third-order valence-corrected chi connectivity index (χ3v) is 4.40. The lowest BCUT2D eigenvalue weighted by Gasteiger charge is -2.35. The monoisotopic (exact) mass is 341 g/mol. The van der Waals surface area contributed by atoms with Crippen LogP contribution in [0.25, 0.3) is 0 Å². The molecule has 0 bridgehead atoms. The Balaban J connectivity index is 1.60. The first-order valence-electron chi connectivity index (χ1n) is 8.61. The number of hydrogen-bond acceptors (Lipinski definition) is 7. The van der Waals surface area contributed by atoms with E-state index in [9.17, 15) is 4.79 Å². The molecule has 1 amide bonds. The number of carbonyl (C=O) groups excluding carboxylic acids is 1. The van der Waals surface area contributed by atoms with Gasteiger partial charge in [0.05, 0.1) is 6.20 Å². The molecule has 1 aliphatic rings. The van der Waals surface area contributed by atoms with E-state index in [4.69, 9.17) is 0 Å². The Labute approximate surface area is 147 Å². The molecule has 3 rings (SSSR count). The van der Waals surface area contributed by atoms with E-state index in [0.29, 0.717) is 18.8 Å². The number of piperazine rings is 1. The van der Waals surface area contributed by atoms with Gasteiger partial charge in [-0.25, -0.2) is 4.98 Å². The lowest BCUT2D eigenvalue weighted by Crippen LogP contribution is -2.49. The normalized spacial score (nSPS) is 14.5. The molecule has 0 atom stereocenters. The van der Waals surface area contributed by atoms with Crippen molar-refractivity contribution in [3.8, 4) is 0 Å². The van der Waals surface area contributed by atoms with Gasteiger partial charge in [-0.2, -0.15) is 0 Å². The maximum atomic E-state index is 12.4. The molecule has 2 aromatic rings. The first-order valence-corrected chi connectivity index (χ1v) is 8.61. The van der Waals surface area contributed by atoms with Gasteiger partial charge in [0.2, 0.25) is 0 Å². The first-order chi connectivity index (χ1) is 12.2. The molecule has 25 heavy (non-hydrogen) atoms. The molecule has 0 saturated carbocycles. The molecule has 3 heterocycles. The second-order valence-electron chi connectivity index (χ2n) is 5.79. The van der Waals surface area contributed by atoms with Gasteiger partial charge in [0, 0.05) is 51.7 Å². The summed E-state index contributed by atoms with van der Waals surface area (Å²) in [6.45, 7) is 8.75. The van der Waals surface area contributed by atoms with E-state index < -0.39 is 0 Å². The van der Waals surface area contributed by atoms with Gasteiger partial charge >= 0.3 is 0 Å². The minimum atomic E-state index is -0.0734. The van der Waals surface area contributed by atoms with Crippen molar-refractivity contribution < 1.29 is 4.79 Å². The van der Waals surface area contributed by atoms with Crippen molar-refractivity contribution in [1.82, 2.24) is 25.1 Å². The summed E-state index contributed by atoms with van der Waals surface area (Å²) < 4.78 is 0. The molecule has 0 aromatic carbocycles. The molecule has 2 aromatic heterocycles. The SMILES string of the molecule is CCN(CC)c1ccc(N2CCN(C(=O)c3cnccn3)CC2)nn1. The Morgan fingerprint density at radius 1 is 1.08 bits per heavy atom. The van der Waals surface area contributed by atoms with Crippen molar-refractivity contribution in [3.63, 3.8) is 0 Å². The molecular weight excluding hydrogens is 318 g/mol. The lowest BCUT2D eigenvalue weighted by atomic mass is 10.2. The number of rotatable bonds is 5. The number of aromatic nitrogens is 4. The smallest absolute Gasteiger partial charge is 0.274 e. The summed E-state index contributed by atoms with van der Waals surface area (Å²) in [6.07, 6.45) is 4.61. The number of hydrogen-bond donors (Lipinski definition) is 0. The highest BCUT2D eigenvalue weighted by molar-refractivity contribution is 5.92. The number of carbonyl (C=O) groups is 1. The highest BCUT2D eigenvalue weighted by Crippen LogP contribution is 2.17. The van der Waals surface area contributed by atoms with Crippen LogP contribution in [-0.2, 0) is 0 Å². The zero-order valence-electron chi connectivity index (χ0n) is 14.7. The summed E-state index contributed by atoms with van der Waals surface area (Å²) in [5.74, 6) is 1.67. The van der Waals surface area contributed by atoms with Crippen molar-refractivity contribution in [3.05, 3.63) is 36.4 Å². The maximum Gasteiger partial charge on any atom is 0.274 e. The molecule has 132 valence electrons. The van der Waals surface area contributed by atoms with Crippen molar-refractivity contribution in [1.29, 1.82) is 0 Å². The Hall–Kier alpha value is -2.77. The fourth-order valence-electron chi connectivity index (χ4n) is 2.91. The van der Waals surface area contributed by atoms with Gasteiger partial charge < -0.3 is 14.7 Å². The topological polar surface area (TPSA) is 78.4 Å². The van der Waals surface area contributed by atoms with Gasteiger partial charge in [-0.15, -0.1) is 10.2 Å². The van der Waals surface area contributed by atoms with Gasteiger partial charge in [-0.3, -0.25) is 9.78 Å². The van der Waals surface area contributed by atoms with E-state index in [-0.39, 0.29) is 5.91 Å². The molecule has 0 radical (unpaired) electrons. The summed E-state index contributed by atoms with van der Waals surface area (Å²) in [6, 6.07) is 4.01. The fraction of sp³-hybridized carbons (Fsp3) is 0.471. The van der Waals surface area contributed by atoms with Crippen molar-refractivity contribution in [2.24, 2.45) is 0 Å². The Bertz CT molecular complexity index is 680. The van der Waals surface area contributed by atoms with Crippen LogP contribution >= 0.6 is 0 Å². The van der Waals surface area contributed by atoms with E-state index in [1.165, 1.54) is 12.4 Å². The van der Waals surface area contributed by atoms with Crippen LogP contribution in [0.2, 0.25) is 0 Å². The summed E-state index contributed by atoms with van der Waals surface area (Å²) in [5.41, 5.74) is 0.388. The third kappa shape index (κ3) is 3.84. The molecule has 0 aliphatic carbocycles. The maximum absolute atomic E-state index is 12.4. The van der Waals surface area contributed by atoms with Gasteiger partial charge in [0.1, 0.15) is 5.69 Å². The van der Waals surface area contributed by atoms with E-state index >= 15 is 0 Å². The van der Waals surface area contributed by atoms with E-state index in [0.717, 1.165) is 37.8 Å². The van der Waals surface area contributed by atoms with Crippen LogP contribution < -0.4 is 9.80 Å². The molecule has 1 fully saturated rings. The average molecular weight is 341 g/mol. The molecule has 0 spiro atoms. The van der Waals surface area contributed by atoms with Crippen LogP contribution in [-0.4, -0.2) is 70.2 Å². The number of anilines is 2. The standard InChI is InChI=1S/C17H23N7O/c1-3-22(4-2)15-5-6-16(21-20-15)23-9-11-24(12-10-23)17(25)14-13-18-7-8-19-14/h5-8,13H,3-4,9-12H2,1-2H3. The zero-order valence-corrected chi connectivity index (χ0v) is 14.7. The minimum absolute atomic E-state index is 0.0734. The molecule has 1 aliphatic heterocycles. The van der Waals surface area contributed by atoms with E-state index in [2.05, 4.69) is 43.8 Å². The molecule has 0 unspecified atom stereocenters.